The standard InChI is InChI=1S/C11H20INO2/c1-9(2)13-6-3-10(4-7-13)15-8-5-11(12)14/h9-10H,3-8H2,1-2H3. The SMILES string of the molecule is CC(C)N1CCC(OCCC(=O)I)CC1. The second-order valence-corrected chi connectivity index (χ2v) is 5.51. The summed E-state index contributed by atoms with van der Waals surface area (Å²) < 4.78 is 5.86. The summed E-state index contributed by atoms with van der Waals surface area (Å²) in [6.07, 6.45) is 3.13. The smallest absolute Gasteiger partial charge is 0.194 e. The molecule has 0 aromatic carbocycles. The van der Waals surface area contributed by atoms with Crippen molar-refractivity contribution in [3.8, 4) is 0 Å². The summed E-state index contributed by atoms with van der Waals surface area (Å²) >= 11 is 1.82. The summed E-state index contributed by atoms with van der Waals surface area (Å²) in [5.41, 5.74) is 0. The predicted octanol–water partition coefficient (Wildman–Crippen LogP) is 2.23. The molecule has 0 unspecified atom stereocenters. The van der Waals surface area contributed by atoms with Crippen molar-refractivity contribution in [2.24, 2.45) is 0 Å². The van der Waals surface area contributed by atoms with Gasteiger partial charge in [-0.25, -0.2) is 0 Å². The maximum absolute atomic E-state index is 10.7. The van der Waals surface area contributed by atoms with Gasteiger partial charge in [-0.2, -0.15) is 0 Å². The van der Waals surface area contributed by atoms with Crippen molar-refractivity contribution in [1.82, 2.24) is 4.90 Å². The van der Waals surface area contributed by atoms with E-state index in [9.17, 15) is 4.79 Å². The Labute approximate surface area is 106 Å². The summed E-state index contributed by atoms with van der Waals surface area (Å²) in [7, 11) is 0. The van der Waals surface area contributed by atoms with Gasteiger partial charge in [0.2, 0.25) is 0 Å². The van der Waals surface area contributed by atoms with Crippen LogP contribution in [0.15, 0.2) is 0 Å². The van der Waals surface area contributed by atoms with E-state index in [-0.39, 0.29) is 3.79 Å². The number of carbonyl (C=O) groups excluding carboxylic acids is 1. The molecule has 0 aromatic heterocycles. The highest BCUT2D eigenvalue weighted by Gasteiger charge is 2.20. The summed E-state index contributed by atoms with van der Waals surface area (Å²) in [5.74, 6) is 0. The van der Waals surface area contributed by atoms with Crippen molar-refractivity contribution in [3.05, 3.63) is 0 Å². The normalized spacial score (nSPS) is 19.7. The van der Waals surface area contributed by atoms with E-state index >= 15 is 0 Å². The highest BCUT2D eigenvalue weighted by atomic mass is 127. The van der Waals surface area contributed by atoms with Crippen LogP contribution in [0.5, 0.6) is 0 Å². The van der Waals surface area contributed by atoms with Gasteiger partial charge in [-0.05, 0) is 49.3 Å². The minimum atomic E-state index is 0.187. The van der Waals surface area contributed by atoms with Crippen LogP contribution in [0, 0.1) is 0 Å². The molecule has 0 aromatic rings. The summed E-state index contributed by atoms with van der Waals surface area (Å²) in [6.45, 7) is 7.31. The van der Waals surface area contributed by atoms with Crippen molar-refractivity contribution >= 4 is 26.4 Å². The van der Waals surface area contributed by atoms with E-state index in [0.717, 1.165) is 25.9 Å². The number of hydrogen-bond acceptors (Lipinski definition) is 3. The third kappa shape index (κ3) is 5.26. The summed E-state index contributed by atoms with van der Waals surface area (Å²) in [6, 6.07) is 0.641. The lowest BCUT2D eigenvalue weighted by atomic mass is 10.1. The van der Waals surface area contributed by atoms with E-state index in [0.29, 0.717) is 25.2 Å². The Morgan fingerprint density at radius 3 is 2.53 bits per heavy atom. The lowest BCUT2D eigenvalue weighted by Crippen LogP contribution is -2.41. The maximum atomic E-state index is 10.7. The topological polar surface area (TPSA) is 29.5 Å². The first-order valence-electron chi connectivity index (χ1n) is 5.63. The summed E-state index contributed by atoms with van der Waals surface area (Å²) in [4.78, 5) is 13.2. The zero-order valence-corrected chi connectivity index (χ0v) is 11.7. The number of piperidine rings is 1. The Morgan fingerprint density at radius 1 is 1.47 bits per heavy atom. The molecule has 1 heterocycles. The fraction of sp³-hybridized carbons (Fsp3) is 0.909. The number of rotatable bonds is 5. The number of likely N-dealkylation sites (tertiary alicyclic amines) is 1. The highest BCUT2D eigenvalue weighted by molar-refractivity contribution is 14.1. The molecule has 1 aliphatic rings. The van der Waals surface area contributed by atoms with Crippen LogP contribution < -0.4 is 0 Å². The van der Waals surface area contributed by atoms with Gasteiger partial charge in [-0.15, -0.1) is 0 Å². The average molecular weight is 325 g/mol. The fourth-order valence-electron chi connectivity index (χ4n) is 1.86. The Bertz CT molecular complexity index is 201. The lowest BCUT2D eigenvalue weighted by Gasteiger charge is -2.34. The van der Waals surface area contributed by atoms with Crippen LogP contribution in [0.4, 0.5) is 0 Å². The van der Waals surface area contributed by atoms with Crippen molar-refractivity contribution in [2.75, 3.05) is 19.7 Å². The molecule has 0 atom stereocenters. The molecule has 0 amide bonds. The molecule has 0 radical (unpaired) electrons. The number of hydrogen-bond donors (Lipinski definition) is 0. The van der Waals surface area contributed by atoms with Gasteiger partial charge in [-0.3, -0.25) is 4.79 Å². The molecule has 1 saturated heterocycles. The first kappa shape index (κ1) is 13.4. The number of nitrogens with zero attached hydrogens (tertiary/aromatic N) is 1. The van der Waals surface area contributed by atoms with Crippen LogP contribution in [0.25, 0.3) is 0 Å². The molecule has 1 rings (SSSR count). The quantitative estimate of drug-likeness (QED) is 0.573. The van der Waals surface area contributed by atoms with Crippen LogP contribution in [0.3, 0.4) is 0 Å². The van der Waals surface area contributed by atoms with Crippen molar-refractivity contribution in [1.29, 1.82) is 0 Å². The van der Waals surface area contributed by atoms with Gasteiger partial charge < -0.3 is 9.64 Å². The van der Waals surface area contributed by atoms with Crippen LogP contribution in [-0.2, 0) is 9.53 Å². The average Bonchev–Trinajstić information content (AvgIpc) is 2.18. The second kappa shape index (κ2) is 6.81. The second-order valence-electron chi connectivity index (χ2n) is 4.30. The largest absolute Gasteiger partial charge is 0.378 e. The molecule has 1 aliphatic heterocycles. The molecule has 0 saturated carbocycles. The Balaban J connectivity index is 2.12. The number of halogens is 1. The van der Waals surface area contributed by atoms with Gasteiger partial charge in [0.15, 0.2) is 3.79 Å². The highest BCUT2D eigenvalue weighted by Crippen LogP contribution is 2.16. The number of carbonyl (C=O) groups is 1. The lowest BCUT2D eigenvalue weighted by molar-refractivity contribution is -0.111. The third-order valence-electron chi connectivity index (χ3n) is 2.86. The molecule has 88 valence electrons. The van der Waals surface area contributed by atoms with E-state index in [1.807, 2.05) is 22.6 Å². The monoisotopic (exact) mass is 325 g/mol. The summed E-state index contributed by atoms with van der Waals surface area (Å²) in [5, 5.41) is 0. The molecule has 0 bridgehead atoms. The first-order valence-corrected chi connectivity index (χ1v) is 6.71. The van der Waals surface area contributed by atoms with Crippen LogP contribution >= 0.6 is 22.6 Å². The Kier molecular flexibility index (Phi) is 6.07. The predicted molar refractivity (Wildman–Crippen MR) is 69.3 cm³/mol. The van der Waals surface area contributed by atoms with E-state index in [4.69, 9.17) is 4.74 Å². The van der Waals surface area contributed by atoms with Crippen LogP contribution in [-0.4, -0.2) is 40.5 Å². The van der Waals surface area contributed by atoms with Crippen molar-refractivity contribution < 1.29 is 9.53 Å². The molecule has 0 N–H and O–H groups in total. The molecule has 0 aliphatic carbocycles. The number of ether oxygens (including phenoxy) is 1. The van der Waals surface area contributed by atoms with Crippen molar-refractivity contribution in [2.45, 2.75) is 45.3 Å². The van der Waals surface area contributed by atoms with Crippen LogP contribution in [0.2, 0.25) is 0 Å². The van der Waals surface area contributed by atoms with E-state index in [1.54, 1.807) is 0 Å². The zero-order chi connectivity index (χ0) is 11.3. The molecule has 4 heteroatoms. The molecular formula is C11H20INO2. The van der Waals surface area contributed by atoms with E-state index in [2.05, 4.69) is 18.7 Å². The molecule has 15 heavy (non-hydrogen) atoms. The minimum Gasteiger partial charge on any atom is -0.378 e. The van der Waals surface area contributed by atoms with Gasteiger partial charge >= 0.3 is 0 Å². The molecular weight excluding hydrogens is 305 g/mol. The zero-order valence-electron chi connectivity index (χ0n) is 9.54. The molecule has 3 nitrogen and oxygen atoms in total. The minimum absolute atomic E-state index is 0.187. The van der Waals surface area contributed by atoms with Gasteiger partial charge in [0.1, 0.15) is 0 Å². The van der Waals surface area contributed by atoms with Crippen molar-refractivity contribution in [3.63, 3.8) is 0 Å². The fourth-order valence-corrected chi connectivity index (χ4v) is 2.08. The molecule has 1 fully saturated rings. The van der Waals surface area contributed by atoms with Gasteiger partial charge in [0, 0.05) is 25.6 Å². The maximum Gasteiger partial charge on any atom is 0.194 e. The van der Waals surface area contributed by atoms with Gasteiger partial charge in [0.25, 0.3) is 0 Å². The Hall–Kier alpha value is 0.320. The Morgan fingerprint density at radius 2 is 2.07 bits per heavy atom. The van der Waals surface area contributed by atoms with Gasteiger partial charge in [-0.1, -0.05) is 0 Å². The third-order valence-corrected chi connectivity index (χ3v) is 3.40. The van der Waals surface area contributed by atoms with E-state index < -0.39 is 0 Å². The van der Waals surface area contributed by atoms with Gasteiger partial charge in [0.05, 0.1) is 12.7 Å². The first-order chi connectivity index (χ1) is 7.09. The van der Waals surface area contributed by atoms with Crippen LogP contribution in [0.1, 0.15) is 33.1 Å². The van der Waals surface area contributed by atoms with E-state index in [1.165, 1.54) is 0 Å². The molecule has 0 spiro atoms.